The number of aromatic nitrogens is 8. The molecule has 9 rings (SSSR count). The Kier molecular flexibility index (Phi) is 58.5. The molecule has 9 heterocycles. The first-order chi connectivity index (χ1) is 52.5. The number of rotatable bonds is 9. The predicted octanol–water partition coefficient (Wildman–Crippen LogP) is 3.80. The number of H-pyrrole nitrogens is 2. The van der Waals surface area contributed by atoms with E-state index in [9.17, 15) is 43.2 Å². The van der Waals surface area contributed by atoms with Crippen molar-refractivity contribution in [3.05, 3.63) is 72.0 Å². The summed E-state index contributed by atoms with van der Waals surface area (Å²) in [5.41, 5.74) is 16.9. The third-order valence-electron chi connectivity index (χ3n) is 15.6. The SMILES string of the molecule is C=C.CC(=O)N1CCc2c(c(Br)nn2C)C1.CC(C)(C)OC(=O)N1CCC(=O)C(C#N)C1.CC(C)(C)OC(=O)N1CCc2[nH]nc(Br)c2C1.CC(C)(C)OC(=O)N1CCc2[nH]nc(N)c2C1.CCOC(=O)CCN.CCOC(=O)CCN(CCC#N)C(=O)OC(C)(C)C.Cl.Cn1nc(Br)c2c1CCN(C(=O)OC(C)(C)C)C2.NN.O.[H-].[Na+].[Na+].[OH-]. The Hall–Kier alpha value is -6.68. The number of nitrogens with two attached hydrogens (primary N) is 4. The number of fused-ring (bicyclic) bond motifs is 4. The van der Waals surface area contributed by atoms with Crippen molar-refractivity contribution < 1.29 is 148 Å². The number of hydrazine groups is 1. The summed E-state index contributed by atoms with van der Waals surface area (Å²) >= 11 is 10.2. The molecule has 0 aromatic carbocycles. The van der Waals surface area contributed by atoms with Gasteiger partial charge in [0.05, 0.1) is 70.8 Å². The topological polar surface area (TPSA) is 544 Å². The summed E-state index contributed by atoms with van der Waals surface area (Å²) in [6.07, 6.45) is 2.27. The number of halogens is 4. The number of hydrogen-bond donors (Lipinski definition) is 6. The van der Waals surface area contributed by atoms with Crippen LogP contribution < -0.4 is 82.3 Å². The first kappa shape index (κ1) is 120. The van der Waals surface area contributed by atoms with Crippen molar-refractivity contribution in [2.24, 2.45) is 37.4 Å². The average molecular weight is 1910 g/mol. The van der Waals surface area contributed by atoms with Crippen molar-refractivity contribution in [1.82, 2.24) is 69.4 Å². The molecule has 1 unspecified atom stereocenters. The number of carbonyl (C=O) groups excluding carboxylic acids is 9. The van der Waals surface area contributed by atoms with E-state index in [0.29, 0.717) is 84.4 Å². The third kappa shape index (κ3) is 44.7. The van der Waals surface area contributed by atoms with Crippen molar-refractivity contribution >= 4 is 120 Å². The second-order valence-electron chi connectivity index (χ2n) is 30.5. The van der Waals surface area contributed by atoms with Crippen molar-refractivity contribution in [3.63, 3.8) is 0 Å². The minimum Gasteiger partial charge on any atom is -1.00 e. The Morgan fingerprint density at radius 3 is 1.31 bits per heavy atom. The van der Waals surface area contributed by atoms with Crippen LogP contribution in [0.5, 0.6) is 0 Å². The van der Waals surface area contributed by atoms with Crippen LogP contribution in [-0.4, -0.2) is 235 Å². The van der Waals surface area contributed by atoms with Crippen molar-refractivity contribution in [3.8, 4) is 12.1 Å². The number of amides is 6. The fourth-order valence-corrected chi connectivity index (χ4v) is 12.1. The molecule has 5 aliphatic heterocycles. The molecule has 0 bridgehead atoms. The number of hydrogen-bond acceptors (Lipinski definition) is 27. The molecule has 0 saturated carbocycles. The van der Waals surface area contributed by atoms with Crippen LogP contribution in [0.3, 0.4) is 0 Å². The Morgan fingerprint density at radius 2 is 0.915 bits per heavy atom. The van der Waals surface area contributed by atoms with E-state index in [0.717, 1.165) is 79.7 Å². The van der Waals surface area contributed by atoms with Gasteiger partial charge in [-0.3, -0.25) is 50.4 Å². The maximum absolute atomic E-state index is 12.0. The molecule has 0 radical (unpaired) electrons. The smallest absolute Gasteiger partial charge is 1.00 e. The average Bonchev–Trinajstić information content (AvgIpc) is 1.52. The van der Waals surface area contributed by atoms with Gasteiger partial charge in [0.2, 0.25) is 5.91 Å². The first-order valence-corrected chi connectivity index (χ1v) is 39.1. The summed E-state index contributed by atoms with van der Waals surface area (Å²) in [4.78, 5) is 113. The van der Waals surface area contributed by atoms with Crippen molar-refractivity contribution in [2.75, 3.05) is 77.9 Å². The number of nitriles is 2. The molecule has 4 aromatic heterocycles. The normalized spacial score (nSPS) is 14.0. The molecular weight excluding hydrogens is 1780 g/mol. The van der Waals surface area contributed by atoms with Crippen LogP contribution in [0.2, 0.25) is 0 Å². The van der Waals surface area contributed by atoms with Gasteiger partial charge in [-0.05, 0) is 165 Å². The number of Topliss-reactive ketones (excluding diaryl/α,β-unsaturated/α-hetero) is 1. The summed E-state index contributed by atoms with van der Waals surface area (Å²) in [6, 6.07) is 3.87. The molecule has 0 spiro atoms. The molecule has 1 saturated heterocycles. The van der Waals surface area contributed by atoms with Crippen molar-refractivity contribution in [2.45, 2.75) is 230 Å². The van der Waals surface area contributed by atoms with E-state index in [4.69, 9.17) is 50.4 Å². The molecule has 1 atom stereocenters. The van der Waals surface area contributed by atoms with Crippen LogP contribution in [-0.2, 0) is 118 Å². The molecule has 4 aromatic rings. The number of nitrogen functional groups attached to an aromatic ring is 1. The van der Waals surface area contributed by atoms with Gasteiger partial charge >= 0.3 is 102 Å². The largest absolute Gasteiger partial charge is 1.00 e. The summed E-state index contributed by atoms with van der Waals surface area (Å²) in [7, 11) is 3.86. The molecule has 660 valence electrons. The molecule has 44 heteroatoms. The zero-order valence-electron chi connectivity index (χ0n) is 73.8. The van der Waals surface area contributed by atoms with E-state index in [1.807, 2.05) is 103 Å². The van der Waals surface area contributed by atoms with Crippen LogP contribution in [0.25, 0.3) is 0 Å². The Bertz CT molecular complexity index is 3780. The number of likely N-dealkylation sites (tertiary alicyclic amines) is 1. The standard InChI is InChI=1S/C13H22N2O4.C12H18BrN3O2.C11H16BrN3O2.C11H18N4O2.C11H16N2O3.C9H12BrN3O.C5H11NO2.C2H4.ClH.H4N2.2Na.2H2O.H/c1-5-18-11(16)7-10-15(9-6-8-14)12(17)19-13(2,3)4;1-12(2,3)18-11(17)16-6-5-9-8(7-16)10(13)14-15(9)4;2*1-11(2,3)17-10(16)15-5-4-8-7(6-15)9(12)14-13-8;1-11(2,3)16-10(15)13-5-4-9(14)8(6-12)7-13;1-6(14)13-4-3-8-7(5-13)9(10)11-12(8)2;1-2-8-5(7)3-4-6;1-2;;1-2;;;;;/h5-7,9-10H2,1-4H3;5-7H2,1-4H3;4-6H2,1-3H3,(H,13,14);4-6H2,1-3H3,(H3,12,13,14);8H,4-5,7H2,1-3H3;3-5H2,1-2H3;2-4,6H2,1H3;1-2H2;1H;1-2H2;;;2*1H2;/q;;;;;;;;;;2*+1;;;-1/p-1. The zero-order valence-corrected chi connectivity index (χ0v) is 82.4. The quantitative estimate of drug-likeness (QED) is 0.0346. The number of anilines is 1. The van der Waals surface area contributed by atoms with E-state index in [1.54, 1.807) is 77.0 Å². The van der Waals surface area contributed by atoms with E-state index >= 15 is 0 Å². The molecule has 0 aliphatic carbocycles. The second kappa shape index (κ2) is 57.6. The van der Waals surface area contributed by atoms with Crippen LogP contribution in [0.15, 0.2) is 27.0 Å². The van der Waals surface area contributed by atoms with Crippen LogP contribution in [0.1, 0.15) is 197 Å². The fraction of sp³-hybridized carbons (Fsp3) is 0.662. The van der Waals surface area contributed by atoms with E-state index in [-0.39, 0.29) is 165 Å². The van der Waals surface area contributed by atoms with E-state index in [2.05, 4.69) is 108 Å². The number of ketones is 1. The van der Waals surface area contributed by atoms with Gasteiger partial charge in [0.25, 0.3) is 0 Å². The number of nitrogens with one attached hydrogen (secondary N) is 2. The minimum absolute atomic E-state index is 0. The van der Waals surface area contributed by atoms with Gasteiger partial charge in [0.1, 0.15) is 53.6 Å². The van der Waals surface area contributed by atoms with Crippen LogP contribution in [0, 0.1) is 28.6 Å². The predicted molar refractivity (Wildman–Crippen MR) is 447 cm³/mol. The number of piperidine rings is 1. The van der Waals surface area contributed by atoms with Gasteiger partial charge in [-0.1, -0.05) is 0 Å². The summed E-state index contributed by atoms with van der Waals surface area (Å²) in [5, 5.41) is 39.8. The molecule has 38 nitrogen and oxygen atoms in total. The number of carbonyl (C=O) groups is 9. The van der Waals surface area contributed by atoms with E-state index < -0.39 is 46.1 Å². The zero-order chi connectivity index (χ0) is 86.7. The van der Waals surface area contributed by atoms with Crippen LogP contribution in [0.4, 0.5) is 29.8 Å². The number of esters is 2. The monoisotopic (exact) mass is 1900 g/mol. The van der Waals surface area contributed by atoms with Crippen LogP contribution >= 0.6 is 60.2 Å². The van der Waals surface area contributed by atoms with Gasteiger partial charge in [-0.25, -0.2) is 24.0 Å². The molecule has 1 fully saturated rings. The maximum Gasteiger partial charge on any atom is 1.00 e. The summed E-state index contributed by atoms with van der Waals surface area (Å²) in [6.45, 7) is 45.6. The number of ether oxygens (including phenoxy) is 7. The minimum atomic E-state index is -0.707. The van der Waals surface area contributed by atoms with Gasteiger partial charge in [-0.15, -0.1) is 25.6 Å². The summed E-state index contributed by atoms with van der Waals surface area (Å²) < 4.78 is 42.0. The third-order valence-corrected chi connectivity index (χ3v) is 17.5. The van der Waals surface area contributed by atoms with Gasteiger partial charge in [0, 0.05) is 157 Å². The number of aryl methyl sites for hydroxylation is 2. The number of aromatic amines is 2. The van der Waals surface area contributed by atoms with Gasteiger partial charge in [0.15, 0.2) is 5.78 Å². The molecule has 13 N–H and O–H groups in total. The summed E-state index contributed by atoms with van der Waals surface area (Å²) in [5.74, 6) is 7.21. The molecule has 5 aliphatic rings. The second-order valence-corrected chi connectivity index (χ2v) is 32.7. The van der Waals surface area contributed by atoms with E-state index in [1.165, 1.54) is 21.2 Å². The van der Waals surface area contributed by atoms with Gasteiger partial charge < -0.3 is 86.4 Å². The Morgan fingerprint density at radius 1 is 0.559 bits per heavy atom. The number of nitrogens with zero attached hydrogens (tertiary/aromatic N) is 14. The molecular formula is C74H126Br3ClN20Na2O18. The van der Waals surface area contributed by atoms with Crippen molar-refractivity contribution in [1.29, 1.82) is 10.5 Å². The fourth-order valence-electron chi connectivity index (χ4n) is 10.4. The molecule has 118 heavy (non-hydrogen) atoms. The molecule has 6 amide bonds. The maximum atomic E-state index is 12.0. The first-order valence-electron chi connectivity index (χ1n) is 36.8. The Labute approximate surface area is 771 Å². The van der Waals surface area contributed by atoms with Gasteiger partial charge in [-0.2, -0.15) is 30.9 Å². The Balaban J connectivity index is -0.000000311.